The number of ether oxygens (including phenoxy) is 1. The van der Waals surface area contributed by atoms with Crippen LogP contribution in [0, 0.1) is 0 Å². The van der Waals surface area contributed by atoms with Gasteiger partial charge in [-0.3, -0.25) is 4.79 Å². The predicted molar refractivity (Wildman–Crippen MR) is 103 cm³/mol. The van der Waals surface area contributed by atoms with E-state index in [-0.39, 0.29) is 5.56 Å². The number of rotatable bonds is 0. The quantitative estimate of drug-likeness (QED) is 0.473. The number of aromatic nitrogens is 1. The van der Waals surface area contributed by atoms with Crippen molar-refractivity contribution in [2.75, 3.05) is 6.61 Å². The fraction of sp³-hybridized carbons (Fsp3) is 0.0455. The van der Waals surface area contributed by atoms with Crippen LogP contribution in [0.3, 0.4) is 0 Å². The monoisotopic (exact) mass is 327 g/mol. The van der Waals surface area contributed by atoms with Crippen LogP contribution < -0.4 is 10.3 Å². The molecule has 3 aromatic carbocycles. The van der Waals surface area contributed by atoms with Crippen LogP contribution in [-0.2, 0) is 0 Å². The minimum absolute atomic E-state index is 0.0238. The summed E-state index contributed by atoms with van der Waals surface area (Å²) in [5.74, 6) is 0.991. The summed E-state index contributed by atoms with van der Waals surface area (Å²) in [4.78, 5) is 14.6. The van der Waals surface area contributed by atoms with Crippen LogP contribution >= 0.6 is 0 Å². The zero-order valence-electron chi connectivity index (χ0n) is 13.6. The topological polar surface area (TPSA) is 42.1 Å². The first kappa shape index (κ1) is 15.2. The van der Waals surface area contributed by atoms with Gasteiger partial charge in [0.1, 0.15) is 12.4 Å². The van der Waals surface area contributed by atoms with Crippen LogP contribution in [0.4, 0.5) is 0 Å². The molecule has 0 amide bonds. The Labute approximate surface area is 145 Å². The van der Waals surface area contributed by atoms with E-state index < -0.39 is 0 Å². The summed E-state index contributed by atoms with van der Waals surface area (Å²) in [7, 11) is 0. The summed E-state index contributed by atoms with van der Waals surface area (Å²) in [6.07, 6.45) is 4.10. The second-order valence-electron chi connectivity index (χ2n) is 5.80. The van der Waals surface area contributed by atoms with Crippen LogP contribution in [0.1, 0.15) is 5.56 Å². The van der Waals surface area contributed by atoms with Crippen LogP contribution in [-0.4, -0.2) is 11.6 Å². The zero-order chi connectivity index (χ0) is 17.1. The molecular weight excluding hydrogens is 310 g/mol. The van der Waals surface area contributed by atoms with Gasteiger partial charge in [-0.15, -0.1) is 0 Å². The van der Waals surface area contributed by atoms with Crippen molar-refractivity contribution in [3.05, 3.63) is 94.8 Å². The summed E-state index contributed by atoms with van der Waals surface area (Å²) in [5, 5.41) is 2.85. The summed E-state index contributed by atoms with van der Waals surface area (Å²) >= 11 is 0. The van der Waals surface area contributed by atoms with Gasteiger partial charge in [-0.1, -0.05) is 60.7 Å². The van der Waals surface area contributed by atoms with Crippen molar-refractivity contribution in [3.8, 4) is 5.75 Å². The van der Waals surface area contributed by atoms with Crippen molar-refractivity contribution in [2.24, 2.45) is 0 Å². The third-order valence-corrected chi connectivity index (χ3v) is 4.19. The minimum atomic E-state index is -0.0238. The Bertz CT molecular complexity index is 1130. The third kappa shape index (κ3) is 3.04. The van der Waals surface area contributed by atoms with Crippen LogP contribution in [0.5, 0.6) is 5.75 Å². The molecule has 5 rings (SSSR count). The molecule has 1 N–H and O–H groups in total. The van der Waals surface area contributed by atoms with Crippen LogP contribution in [0.2, 0.25) is 0 Å². The average molecular weight is 327 g/mol. The smallest absolute Gasteiger partial charge is 0.256 e. The normalized spacial score (nSPS) is 12.2. The fourth-order valence-corrected chi connectivity index (χ4v) is 3.00. The second kappa shape index (κ2) is 6.65. The molecule has 0 bridgehead atoms. The average Bonchev–Trinajstić information content (AvgIpc) is 2.69. The first-order valence-electron chi connectivity index (χ1n) is 8.21. The maximum Gasteiger partial charge on any atom is 0.256 e. The van der Waals surface area contributed by atoms with E-state index in [1.54, 1.807) is 0 Å². The number of para-hydroxylation sites is 2. The van der Waals surface area contributed by atoms with Gasteiger partial charge in [-0.2, -0.15) is 0 Å². The molecule has 0 fully saturated rings. The molecule has 122 valence electrons. The van der Waals surface area contributed by atoms with E-state index in [2.05, 4.69) is 11.1 Å². The summed E-state index contributed by atoms with van der Waals surface area (Å²) in [6, 6.07) is 23.5. The molecule has 0 spiro atoms. The Kier molecular flexibility index (Phi) is 4.05. The summed E-state index contributed by atoms with van der Waals surface area (Å²) in [5.41, 5.74) is 2.04. The largest absolute Gasteiger partial charge is 0.489 e. The Hall–Kier alpha value is -3.33. The summed E-state index contributed by atoms with van der Waals surface area (Å²) in [6.45, 7) is 0.705. The highest BCUT2D eigenvalue weighted by Crippen LogP contribution is 2.22. The zero-order valence-corrected chi connectivity index (χ0v) is 13.6. The van der Waals surface area contributed by atoms with Gasteiger partial charge in [-0.05, 0) is 29.7 Å². The van der Waals surface area contributed by atoms with Crippen molar-refractivity contribution in [2.45, 2.75) is 0 Å². The van der Waals surface area contributed by atoms with Crippen molar-refractivity contribution >= 4 is 27.8 Å². The van der Waals surface area contributed by atoms with Crippen molar-refractivity contribution in [1.82, 2.24) is 4.98 Å². The highest BCUT2D eigenvalue weighted by atomic mass is 16.5. The first-order valence-corrected chi connectivity index (χ1v) is 8.21. The van der Waals surface area contributed by atoms with Gasteiger partial charge in [0, 0.05) is 21.9 Å². The molecule has 0 saturated heterocycles. The lowest BCUT2D eigenvalue weighted by Gasteiger charge is -2.10. The second-order valence-corrected chi connectivity index (χ2v) is 5.80. The molecule has 1 aliphatic heterocycles. The van der Waals surface area contributed by atoms with Crippen LogP contribution in [0.15, 0.2) is 83.7 Å². The molecule has 4 aromatic rings. The van der Waals surface area contributed by atoms with E-state index in [4.69, 9.17) is 4.74 Å². The predicted octanol–water partition coefficient (Wildman–Crippen LogP) is 4.77. The standard InChI is InChI=1S/C13H9NO.C9H8O/c15-13-11-7-2-1-5-9(11)10-6-3-4-8-12(10)14-13;1-2-6-9-8(4-1)5-3-7-10-9/h1-8H,(H,14,15);1-6H,7H2. The Balaban J connectivity index is 0.000000136. The maximum absolute atomic E-state index is 11.7. The number of pyridine rings is 1. The molecule has 2 heterocycles. The molecule has 3 heteroatoms. The van der Waals surface area contributed by atoms with Gasteiger partial charge in [0.05, 0.1) is 0 Å². The van der Waals surface area contributed by atoms with Crippen molar-refractivity contribution in [3.63, 3.8) is 0 Å². The third-order valence-electron chi connectivity index (χ3n) is 4.19. The lowest BCUT2D eigenvalue weighted by Crippen LogP contribution is -2.05. The van der Waals surface area contributed by atoms with E-state index in [1.165, 1.54) is 5.56 Å². The number of fused-ring (bicyclic) bond motifs is 4. The lowest BCUT2D eigenvalue weighted by molar-refractivity contribution is 0.358. The molecule has 0 radical (unpaired) electrons. The Morgan fingerprint density at radius 2 is 1.44 bits per heavy atom. The Morgan fingerprint density at radius 1 is 0.760 bits per heavy atom. The molecule has 0 aliphatic carbocycles. The van der Waals surface area contributed by atoms with E-state index >= 15 is 0 Å². The van der Waals surface area contributed by atoms with Crippen molar-refractivity contribution in [1.29, 1.82) is 0 Å². The number of aromatic amines is 1. The SMILES string of the molecule is C1=Cc2ccccc2OC1.O=c1[nH]c2ccccc2c2ccccc12. The van der Waals surface area contributed by atoms with Crippen LogP contribution in [0.25, 0.3) is 27.8 Å². The first-order chi connectivity index (χ1) is 12.3. The minimum Gasteiger partial charge on any atom is -0.489 e. The van der Waals surface area contributed by atoms with Gasteiger partial charge < -0.3 is 9.72 Å². The molecule has 1 aromatic heterocycles. The molecule has 0 atom stereocenters. The molecule has 0 saturated carbocycles. The number of benzene rings is 3. The van der Waals surface area contributed by atoms with E-state index in [0.717, 1.165) is 27.4 Å². The summed E-state index contributed by atoms with van der Waals surface area (Å²) < 4.78 is 5.34. The molecule has 25 heavy (non-hydrogen) atoms. The highest BCUT2D eigenvalue weighted by molar-refractivity contribution is 6.05. The maximum atomic E-state index is 11.7. The number of hydrogen-bond donors (Lipinski definition) is 1. The highest BCUT2D eigenvalue weighted by Gasteiger charge is 2.02. The Morgan fingerprint density at radius 3 is 2.28 bits per heavy atom. The van der Waals surface area contributed by atoms with Gasteiger partial charge >= 0.3 is 0 Å². The fourth-order valence-electron chi connectivity index (χ4n) is 3.00. The lowest BCUT2D eigenvalue weighted by atomic mass is 10.1. The van der Waals surface area contributed by atoms with Gasteiger partial charge in [-0.25, -0.2) is 0 Å². The molecular formula is C22H17NO2. The van der Waals surface area contributed by atoms with Gasteiger partial charge in [0.25, 0.3) is 5.56 Å². The number of H-pyrrole nitrogens is 1. The van der Waals surface area contributed by atoms with Crippen molar-refractivity contribution < 1.29 is 4.74 Å². The molecule has 0 unspecified atom stereocenters. The van der Waals surface area contributed by atoms with E-state index in [9.17, 15) is 4.79 Å². The number of nitrogens with one attached hydrogen (secondary N) is 1. The molecule has 1 aliphatic rings. The number of hydrogen-bond acceptors (Lipinski definition) is 2. The molecule has 3 nitrogen and oxygen atoms in total. The van der Waals surface area contributed by atoms with Gasteiger partial charge in [0.2, 0.25) is 0 Å². The van der Waals surface area contributed by atoms with Gasteiger partial charge in [0.15, 0.2) is 0 Å². The van der Waals surface area contributed by atoms with E-state index in [1.807, 2.05) is 78.9 Å². The van der Waals surface area contributed by atoms with E-state index in [0.29, 0.717) is 6.61 Å².